The molecule has 0 atom stereocenters. The maximum Gasteiger partial charge on any atom is 0.322 e. The van der Waals surface area contributed by atoms with Crippen LogP contribution < -0.4 is 10.6 Å². The molecule has 2 aromatic carbocycles. The van der Waals surface area contributed by atoms with E-state index in [4.69, 9.17) is 5.10 Å². The lowest BCUT2D eigenvalue weighted by Gasteiger charge is -2.23. The smallest absolute Gasteiger partial charge is 0.315 e. The summed E-state index contributed by atoms with van der Waals surface area (Å²) >= 11 is 3.45. The molecule has 0 spiro atoms. The van der Waals surface area contributed by atoms with Crippen LogP contribution in [0.25, 0.3) is 5.69 Å². The zero-order valence-electron chi connectivity index (χ0n) is 21.1. The van der Waals surface area contributed by atoms with Crippen LogP contribution in [0.3, 0.4) is 0 Å². The summed E-state index contributed by atoms with van der Waals surface area (Å²) in [7, 11) is 0. The summed E-state index contributed by atoms with van der Waals surface area (Å²) in [5, 5.41) is 10.7. The number of hydrogen-bond acceptors (Lipinski definition) is 3. The average molecular weight is 541 g/mol. The van der Waals surface area contributed by atoms with E-state index in [1.54, 1.807) is 4.68 Å². The highest BCUT2D eigenvalue weighted by Crippen LogP contribution is 2.27. The fraction of sp³-hybridized carbons (Fsp3) is 0.370. The number of carbonyl (C=O) groups excluding carboxylic acids is 2. The van der Waals surface area contributed by atoms with Crippen LogP contribution in [0.5, 0.6) is 0 Å². The monoisotopic (exact) mass is 539 g/mol. The Kier molecular flexibility index (Phi) is 8.72. The molecule has 186 valence electrons. The van der Waals surface area contributed by atoms with E-state index in [-0.39, 0.29) is 23.9 Å². The molecule has 0 radical (unpaired) electrons. The number of rotatable bonds is 8. The summed E-state index contributed by atoms with van der Waals surface area (Å²) in [6, 6.07) is 17.0. The lowest BCUT2D eigenvalue weighted by Crippen LogP contribution is -2.41. The molecule has 0 aliphatic rings. The van der Waals surface area contributed by atoms with Crippen LogP contribution in [0.1, 0.15) is 51.8 Å². The van der Waals surface area contributed by atoms with Crippen molar-refractivity contribution in [2.45, 2.75) is 52.9 Å². The van der Waals surface area contributed by atoms with Crippen LogP contribution in [0.15, 0.2) is 59.1 Å². The third-order valence-electron chi connectivity index (χ3n) is 5.51. The first-order valence-corrected chi connectivity index (χ1v) is 12.7. The lowest BCUT2D eigenvalue weighted by molar-refractivity contribution is -0.116. The second-order valence-corrected chi connectivity index (χ2v) is 10.5. The van der Waals surface area contributed by atoms with Crippen molar-refractivity contribution in [2.75, 3.05) is 23.7 Å². The number of amides is 3. The van der Waals surface area contributed by atoms with E-state index in [2.05, 4.69) is 54.3 Å². The van der Waals surface area contributed by atoms with E-state index >= 15 is 0 Å². The largest absolute Gasteiger partial charge is 0.322 e. The molecule has 0 unspecified atom stereocenters. The molecule has 3 amide bonds. The second kappa shape index (κ2) is 11.5. The normalized spacial score (nSPS) is 11.3. The van der Waals surface area contributed by atoms with Gasteiger partial charge < -0.3 is 15.5 Å². The summed E-state index contributed by atoms with van der Waals surface area (Å²) in [4.78, 5) is 27.7. The highest BCUT2D eigenvalue weighted by molar-refractivity contribution is 9.10. The number of para-hydroxylation sites is 1. The standard InChI is InChI=1S/C27H34BrN5O2/c1-6-7-15-32(26(35)29-22-14-9-8-13-21(22)28)18-25(34)30-24-17-23(27(3,4)5)31-33(24)20-12-10-11-19(2)16-20/h8-14,16-17H,6-7,15,18H2,1-5H3,(H,29,35)(H,30,34). The van der Waals surface area contributed by atoms with Gasteiger partial charge in [-0.3, -0.25) is 4.79 Å². The Labute approximate surface area is 216 Å². The first-order valence-electron chi connectivity index (χ1n) is 11.9. The summed E-state index contributed by atoms with van der Waals surface area (Å²) in [6.45, 7) is 10.7. The molecule has 0 fully saturated rings. The van der Waals surface area contributed by atoms with E-state index < -0.39 is 0 Å². The number of anilines is 2. The number of nitrogens with zero attached hydrogens (tertiary/aromatic N) is 3. The van der Waals surface area contributed by atoms with Crippen LogP contribution in [0.2, 0.25) is 0 Å². The quantitative estimate of drug-likeness (QED) is 0.342. The summed E-state index contributed by atoms with van der Waals surface area (Å²) < 4.78 is 2.54. The van der Waals surface area contributed by atoms with Gasteiger partial charge in [-0.2, -0.15) is 5.10 Å². The van der Waals surface area contributed by atoms with Gasteiger partial charge in [0.2, 0.25) is 5.91 Å². The zero-order valence-corrected chi connectivity index (χ0v) is 22.6. The number of unbranched alkanes of at least 4 members (excludes halogenated alkanes) is 1. The Morgan fingerprint density at radius 2 is 1.80 bits per heavy atom. The maximum atomic E-state index is 13.1. The van der Waals surface area contributed by atoms with Gasteiger partial charge in [0, 0.05) is 22.5 Å². The van der Waals surface area contributed by atoms with E-state index in [0.717, 1.165) is 34.3 Å². The Balaban J connectivity index is 1.82. The number of benzene rings is 2. The lowest BCUT2D eigenvalue weighted by atomic mass is 9.92. The molecule has 1 aromatic heterocycles. The maximum absolute atomic E-state index is 13.1. The van der Waals surface area contributed by atoms with E-state index in [0.29, 0.717) is 18.1 Å². The van der Waals surface area contributed by atoms with Crippen molar-refractivity contribution in [1.29, 1.82) is 0 Å². The molecular formula is C27H34BrN5O2. The van der Waals surface area contributed by atoms with Crippen molar-refractivity contribution in [3.8, 4) is 5.69 Å². The number of aryl methyl sites for hydroxylation is 1. The molecule has 7 nitrogen and oxygen atoms in total. The minimum Gasteiger partial charge on any atom is -0.315 e. The number of nitrogens with one attached hydrogen (secondary N) is 2. The van der Waals surface area contributed by atoms with Crippen molar-refractivity contribution in [3.05, 3.63) is 70.3 Å². The van der Waals surface area contributed by atoms with Crippen molar-refractivity contribution >= 4 is 39.4 Å². The van der Waals surface area contributed by atoms with Gasteiger partial charge in [0.1, 0.15) is 12.4 Å². The molecule has 0 aliphatic carbocycles. The van der Waals surface area contributed by atoms with Gasteiger partial charge in [-0.15, -0.1) is 0 Å². The van der Waals surface area contributed by atoms with E-state index in [9.17, 15) is 9.59 Å². The molecule has 3 rings (SSSR count). The highest BCUT2D eigenvalue weighted by atomic mass is 79.9. The number of halogens is 1. The van der Waals surface area contributed by atoms with Gasteiger partial charge in [0.05, 0.1) is 17.1 Å². The molecule has 3 aromatic rings. The number of carbonyl (C=O) groups is 2. The molecular weight excluding hydrogens is 506 g/mol. The summed E-state index contributed by atoms with van der Waals surface area (Å²) in [5.41, 5.74) is 3.30. The van der Waals surface area contributed by atoms with Crippen molar-refractivity contribution in [1.82, 2.24) is 14.7 Å². The summed E-state index contributed by atoms with van der Waals surface area (Å²) in [5.74, 6) is 0.296. The highest BCUT2D eigenvalue weighted by Gasteiger charge is 2.23. The van der Waals surface area contributed by atoms with Gasteiger partial charge in [-0.25, -0.2) is 9.48 Å². The number of hydrogen-bond donors (Lipinski definition) is 2. The third-order valence-corrected chi connectivity index (χ3v) is 6.20. The topological polar surface area (TPSA) is 79.3 Å². The van der Waals surface area contributed by atoms with Gasteiger partial charge in [-0.05, 0) is 59.1 Å². The first-order chi connectivity index (χ1) is 16.6. The van der Waals surface area contributed by atoms with Crippen LogP contribution in [0.4, 0.5) is 16.3 Å². The Hall–Kier alpha value is -3.13. The molecule has 35 heavy (non-hydrogen) atoms. The summed E-state index contributed by atoms with van der Waals surface area (Å²) in [6.07, 6.45) is 1.71. The van der Waals surface area contributed by atoms with Crippen LogP contribution in [0, 0.1) is 6.92 Å². The Bertz CT molecular complexity index is 1180. The first kappa shape index (κ1) is 26.5. The SMILES string of the molecule is CCCCN(CC(=O)Nc1cc(C(C)(C)C)nn1-c1cccc(C)c1)C(=O)Nc1ccccc1Br. The fourth-order valence-corrected chi connectivity index (χ4v) is 3.89. The Morgan fingerprint density at radius 1 is 1.06 bits per heavy atom. The molecule has 0 bridgehead atoms. The van der Waals surface area contributed by atoms with Gasteiger partial charge in [0.15, 0.2) is 0 Å². The van der Waals surface area contributed by atoms with E-state index in [1.165, 1.54) is 4.90 Å². The molecule has 1 heterocycles. The molecule has 0 saturated heterocycles. The van der Waals surface area contributed by atoms with Gasteiger partial charge in [0.25, 0.3) is 0 Å². The van der Waals surface area contributed by atoms with Crippen LogP contribution >= 0.6 is 15.9 Å². The van der Waals surface area contributed by atoms with Crippen molar-refractivity contribution in [3.63, 3.8) is 0 Å². The van der Waals surface area contributed by atoms with Crippen LogP contribution in [-0.4, -0.2) is 39.7 Å². The van der Waals surface area contributed by atoms with Crippen molar-refractivity contribution < 1.29 is 9.59 Å². The molecule has 8 heteroatoms. The molecule has 0 aliphatic heterocycles. The average Bonchev–Trinajstić information content (AvgIpc) is 3.22. The minimum atomic E-state index is -0.317. The van der Waals surface area contributed by atoms with Crippen molar-refractivity contribution in [2.24, 2.45) is 0 Å². The second-order valence-electron chi connectivity index (χ2n) is 9.65. The predicted octanol–water partition coefficient (Wildman–Crippen LogP) is 6.51. The predicted molar refractivity (Wildman–Crippen MR) is 145 cm³/mol. The number of urea groups is 1. The molecule has 0 saturated carbocycles. The third kappa shape index (κ3) is 7.18. The van der Waals surface area contributed by atoms with E-state index in [1.807, 2.05) is 61.5 Å². The zero-order chi connectivity index (χ0) is 25.6. The van der Waals surface area contributed by atoms with Crippen LogP contribution in [-0.2, 0) is 10.2 Å². The minimum absolute atomic E-state index is 0.0693. The fourth-order valence-electron chi connectivity index (χ4n) is 3.51. The van der Waals surface area contributed by atoms with Gasteiger partial charge >= 0.3 is 6.03 Å². The van der Waals surface area contributed by atoms with Gasteiger partial charge in [-0.1, -0.05) is 58.4 Å². The number of aromatic nitrogens is 2. The Morgan fingerprint density at radius 3 is 2.46 bits per heavy atom. The molecule has 2 N–H and O–H groups in total.